The summed E-state index contributed by atoms with van der Waals surface area (Å²) in [6.07, 6.45) is -1.34. The minimum Gasteiger partial charge on any atom is -0.446 e. The van der Waals surface area contributed by atoms with Crippen molar-refractivity contribution in [2.75, 3.05) is 5.32 Å². The number of halogens is 1. The fraction of sp³-hybridized carbons (Fsp3) is 0.0833. The molecule has 0 bridgehead atoms. The van der Waals surface area contributed by atoms with Crippen LogP contribution in [0.3, 0.4) is 0 Å². The average molecular weight is 447 g/mol. The normalized spacial score (nSPS) is 11.7. The topological polar surface area (TPSA) is 110 Å². The van der Waals surface area contributed by atoms with Crippen LogP contribution in [0.2, 0.25) is 0 Å². The summed E-state index contributed by atoms with van der Waals surface area (Å²) in [5.74, 6) is -2.04. The molecule has 0 radical (unpaired) electrons. The number of fused-ring (bicyclic) bond motifs is 1. The molecule has 9 heteroatoms. The molecular weight excluding hydrogens is 429 g/mol. The number of carbonyl (C=O) groups is 2. The number of H-pyrrole nitrogens is 1. The molecule has 8 nitrogen and oxygen atoms in total. The first-order valence-corrected chi connectivity index (χ1v) is 9.95. The molecule has 4 aromatic rings. The van der Waals surface area contributed by atoms with Gasteiger partial charge in [-0.3, -0.25) is 24.3 Å². The molecule has 33 heavy (non-hydrogen) atoms. The molecule has 1 unspecified atom stereocenters. The van der Waals surface area contributed by atoms with Gasteiger partial charge >= 0.3 is 5.97 Å². The van der Waals surface area contributed by atoms with Gasteiger partial charge < -0.3 is 10.1 Å². The van der Waals surface area contributed by atoms with E-state index in [9.17, 15) is 23.6 Å². The van der Waals surface area contributed by atoms with Crippen molar-refractivity contribution in [2.24, 2.45) is 0 Å². The lowest BCUT2D eigenvalue weighted by Crippen LogP contribution is -2.34. The van der Waals surface area contributed by atoms with Crippen LogP contribution in [-0.2, 0) is 20.9 Å². The molecule has 3 aromatic carbocycles. The molecule has 1 aromatic heterocycles. The zero-order chi connectivity index (χ0) is 23.4. The highest BCUT2D eigenvalue weighted by Gasteiger charge is 2.26. The first kappa shape index (κ1) is 21.7. The zero-order valence-electron chi connectivity index (χ0n) is 17.2. The van der Waals surface area contributed by atoms with Gasteiger partial charge in [0.1, 0.15) is 12.4 Å². The van der Waals surface area contributed by atoms with Crippen LogP contribution in [0, 0.1) is 5.82 Å². The molecule has 0 saturated heterocycles. The number of nitrogens with one attached hydrogen (secondary N) is 2. The fourth-order valence-electron chi connectivity index (χ4n) is 3.30. The van der Waals surface area contributed by atoms with Gasteiger partial charge in [0.05, 0.1) is 10.8 Å². The van der Waals surface area contributed by atoms with Crippen molar-refractivity contribution in [3.63, 3.8) is 0 Å². The lowest BCUT2D eigenvalue weighted by molar-refractivity contribution is -0.155. The Balaban J connectivity index is 1.58. The second kappa shape index (κ2) is 9.31. The molecule has 1 amide bonds. The van der Waals surface area contributed by atoms with Crippen LogP contribution in [0.4, 0.5) is 10.1 Å². The summed E-state index contributed by atoms with van der Waals surface area (Å²) in [5.41, 5.74) is -0.404. The van der Waals surface area contributed by atoms with Crippen molar-refractivity contribution >= 4 is 28.3 Å². The number of esters is 1. The number of ether oxygens (including phenoxy) is 1. The quantitative estimate of drug-likeness (QED) is 0.442. The van der Waals surface area contributed by atoms with Crippen molar-refractivity contribution in [1.82, 2.24) is 9.78 Å². The molecule has 0 aliphatic heterocycles. The highest BCUT2D eigenvalue weighted by molar-refractivity contribution is 5.96. The Labute approximate surface area is 186 Å². The zero-order valence-corrected chi connectivity index (χ0v) is 17.2. The van der Waals surface area contributed by atoms with Crippen LogP contribution in [0.25, 0.3) is 10.8 Å². The monoisotopic (exact) mass is 447 g/mol. The van der Waals surface area contributed by atoms with Gasteiger partial charge in [-0.15, -0.1) is 0 Å². The van der Waals surface area contributed by atoms with Crippen molar-refractivity contribution in [2.45, 2.75) is 12.6 Å². The summed E-state index contributed by atoms with van der Waals surface area (Å²) in [7, 11) is 0. The first-order chi connectivity index (χ1) is 15.9. The van der Waals surface area contributed by atoms with E-state index in [0.717, 1.165) is 4.68 Å². The van der Waals surface area contributed by atoms with E-state index in [0.29, 0.717) is 11.3 Å². The van der Waals surface area contributed by atoms with Crippen molar-refractivity contribution in [3.05, 3.63) is 111 Å². The van der Waals surface area contributed by atoms with E-state index in [1.807, 2.05) is 0 Å². The minimum absolute atomic E-state index is 0.155. The molecule has 166 valence electrons. The van der Waals surface area contributed by atoms with E-state index >= 15 is 0 Å². The van der Waals surface area contributed by atoms with E-state index in [4.69, 9.17) is 4.74 Å². The lowest BCUT2D eigenvalue weighted by atomic mass is 10.1. The van der Waals surface area contributed by atoms with Crippen LogP contribution >= 0.6 is 0 Å². The SMILES string of the molecule is O=C(Cn1[nH]c(=O)c2ccccc2c1=O)OC(C(=O)Nc1ccc(F)cc1)c1ccccc1. The number of rotatable bonds is 6. The maximum atomic E-state index is 13.2. The molecule has 2 N–H and O–H groups in total. The molecule has 0 saturated carbocycles. The second-order valence-corrected chi connectivity index (χ2v) is 7.15. The average Bonchev–Trinajstić information content (AvgIpc) is 2.83. The second-order valence-electron chi connectivity index (χ2n) is 7.15. The van der Waals surface area contributed by atoms with E-state index in [1.54, 1.807) is 42.5 Å². The number of aromatic nitrogens is 2. The summed E-state index contributed by atoms with van der Waals surface area (Å²) in [6.45, 7) is -0.605. The number of benzene rings is 3. The van der Waals surface area contributed by atoms with E-state index in [-0.39, 0.29) is 10.8 Å². The van der Waals surface area contributed by atoms with E-state index in [1.165, 1.54) is 36.4 Å². The number of hydrogen-bond donors (Lipinski definition) is 2. The number of anilines is 1. The van der Waals surface area contributed by atoms with Crippen molar-refractivity contribution in [1.29, 1.82) is 0 Å². The maximum Gasteiger partial charge on any atom is 0.328 e. The Hall–Kier alpha value is -4.53. The molecule has 4 rings (SSSR count). The predicted molar refractivity (Wildman–Crippen MR) is 119 cm³/mol. The number of carbonyl (C=O) groups excluding carboxylic acids is 2. The standard InChI is InChI=1S/C24H18FN3O5/c25-16-10-12-17(13-11-16)26-23(31)21(15-6-2-1-3-7-15)33-20(29)14-28-24(32)19-9-5-4-8-18(19)22(30)27-28/h1-13,21H,14H2,(H,26,31)(H,27,30). The van der Waals surface area contributed by atoms with Crippen LogP contribution < -0.4 is 16.4 Å². The van der Waals surface area contributed by atoms with Crippen LogP contribution in [0.5, 0.6) is 0 Å². The van der Waals surface area contributed by atoms with Crippen molar-refractivity contribution in [3.8, 4) is 0 Å². The number of hydrogen-bond acceptors (Lipinski definition) is 5. The first-order valence-electron chi connectivity index (χ1n) is 9.95. The molecule has 0 spiro atoms. The summed E-state index contributed by atoms with van der Waals surface area (Å²) in [4.78, 5) is 50.4. The summed E-state index contributed by atoms with van der Waals surface area (Å²) in [5, 5.41) is 5.28. The van der Waals surface area contributed by atoms with Gasteiger partial charge in [-0.2, -0.15) is 0 Å². The van der Waals surface area contributed by atoms with Gasteiger partial charge in [0.15, 0.2) is 0 Å². The Morgan fingerprint density at radius 2 is 1.55 bits per heavy atom. The van der Waals surface area contributed by atoms with Gasteiger partial charge in [0.25, 0.3) is 17.0 Å². The number of aromatic amines is 1. The Bertz CT molecular complexity index is 1430. The molecular formula is C24H18FN3O5. The fourth-order valence-corrected chi connectivity index (χ4v) is 3.30. The smallest absolute Gasteiger partial charge is 0.328 e. The minimum atomic E-state index is -1.34. The highest BCUT2D eigenvalue weighted by Crippen LogP contribution is 2.20. The van der Waals surface area contributed by atoms with Gasteiger partial charge in [-0.05, 0) is 36.4 Å². The van der Waals surface area contributed by atoms with Gasteiger partial charge in [-0.25, -0.2) is 9.07 Å². The molecule has 0 fully saturated rings. The summed E-state index contributed by atoms with van der Waals surface area (Å²) >= 11 is 0. The predicted octanol–water partition coefficient (Wildman–Crippen LogP) is 2.75. The van der Waals surface area contributed by atoms with Gasteiger partial charge in [-0.1, -0.05) is 42.5 Å². The maximum absolute atomic E-state index is 13.2. The summed E-state index contributed by atoms with van der Waals surface area (Å²) in [6, 6.07) is 19.6. The summed E-state index contributed by atoms with van der Waals surface area (Å²) < 4.78 is 19.4. The van der Waals surface area contributed by atoms with Crippen LogP contribution in [0.1, 0.15) is 11.7 Å². The number of amides is 1. The van der Waals surface area contributed by atoms with Gasteiger partial charge in [0.2, 0.25) is 6.10 Å². The molecule has 0 aliphatic carbocycles. The third-order valence-electron chi connectivity index (χ3n) is 4.87. The van der Waals surface area contributed by atoms with E-state index < -0.39 is 41.5 Å². The lowest BCUT2D eigenvalue weighted by Gasteiger charge is -2.18. The van der Waals surface area contributed by atoms with E-state index in [2.05, 4.69) is 10.4 Å². The highest BCUT2D eigenvalue weighted by atomic mass is 19.1. The van der Waals surface area contributed by atoms with Crippen LogP contribution in [-0.4, -0.2) is 21.7 Å². The Kier molecular flexibility index (Phi) is 6.12. The Morgan fingerprint density at radius 3 is 2.24 bits per heavy atom. The molecule has 1 heterocycles. The van der Waals surface area contributed by atoms with Gasteiger partial charge in [0, 0.05) is 11.3 Å². The van der Waals surface area contributed by atoms with Crippen molar-refractivity contribution < 1.29 is 18.7 Å². The Morgan fingerprint density at radius 1 is 0.909 bits per heavy atom. The number of nitrogens with zero attached hydrogens (tertiary/aromatic N) is 1. The molecule has 0 aliphatic rings. The molecule has 1 atom stereocenters. The van der Waals surface area contributed by atoms with Crippen LogP contribution in [0.15, 0.2) is 88.5 Å². The third-order valence-corrected chi connectivity index (χ3v) is 4.87. The third kappa shape index (κ3) is 4.87. The largest absolute Gasteiger partial charge is 0.446 e.